The van der Waals surface area contributed by atoms with Crippen molar-refractivity contribution < 1.29 is 83.1 Å². The Bertz CT molecular complexity index is 2180. The number of aliphatic hydroxyl groups is 1. The van der Waals surface area contributed by atoms with Crippen LogP contribution >= 0.6 is 12.6 Å². The van der Waals surface area contributed by atoms with E-state index in [1.54, 1.807) is 13.8 Å². The van der Waals surface area contributed by atoms with Crippen LogP contribution in [0.1, 0.15) is 71.3 Å². The molecule has 0 radical (unpaired) electrons. The van der Waals surface area contributed by atoms with Crippen molar-refractivity contribution in [2.75, 3.05) is 18.8 Å². The van der Waals surface area contributed by atoms with Crippen molar-refractivity contribution in [2.45, 2.75) is 133 Å². The van der Waals surface area contributed by atoms with E-state index < -0.39 is 157 Å². The number of phenolic OH excluding ortho intramolecular Hbond substituents is 1. The molecule has 392 valence electrons. The molecule has 2 aliphatic rings. The Balaban J connectivity index is 1.86. The Hall–Kier alpha value is -7.07. The van der Waals surface area contributed by atoms with Gasteiger partial charge in [0.05, 0.1) is 31.4 Å². The number of phenols is 1. The lowest BCUT2D eigenvalue weighted by Gasteiger charge is -2.33. The molecule has 9 amide bonds. The maximum atomic E-state index is 14.5. The van der Waals surface area contributed by atoms with Crippen LogP contribution in [0.5, 0.6) is 5.75 Å². The highest BCUT2D eigenvalue weighted by Gasteiger charge is 2.43. The van der Waals surface area contributed by atoms with Gasteiger partial charge in [0.15, 0.2) is 0 Å². The van der Waals surface area contributed by atoms with Crippen LogP contribution in [0.3, 0.4) is 0 Å². The second kappa shape index (κ2) is 26.8. The topological polar surface area (TPSA) is 437 Å². The molecule has 0 aromatic heterocycles. The van der Waals surface area contributed by atoms with E-state index in [9.17, 15) is 83.1 Å². The third-order valence-electron chi connectivity index (χ3n) is 11.5. The Morgan fingerprint density at radius 2 is 1.11 bits per heavy atom. The molecule has 0 aliphatic carbocycles. The standard InChI is InChI=1S/C43H62N10O17S/c1-19(2)33(50-39(65)29-7-5-13-53(29)42(68)34(20(3)54)51-37(63)25(17-32(59)60)46-35(61)23(44)18-71)40(66)48-26(14-21-8-10-22(55)11-9-21)41(67)52-12-4-6-28(52)38(64)47-24(16-31(57)58)36(62)49-27(43(69)70)15-30(45)56/h8-11,19-20,23-29,33-34,54-55,71H,4-7,12-18,44H2,1-3H3,(H2,45,56)(H,46,61)(H,47,64)(H,48,66)(H,49,62)(H,50,65)(H,51,63)(H,57,58)(H,59,60)(H,69,70)/t20-,23+,24+,25+,26+,27+,28+,29+,33+,34+/m1/s1. The van der Waals surface area contributed by atoms with Gasteiger partial charge in [-0.15, -0.1) is 0 Å². The van der Waals surface area contributed by atoms with E-state index in [0.29, 0.717) is 5.56 Å². The van der Waals surface area contributed by atoms with Gasteiger partial charge < -0.3 is 78.7 Å². The van der Waals surface area contributed by atoms with Gasteiger partial charge in [-0.3, -0.25) is 52.7 Å². The van der Waals surface area contributed by atoms with Gasteiger partial charge in [-0.05, 0) is 56.2 Å². The molecule has 0 saturated carbocycles. The van der Waals surface area contributed by atoms with Gasteiger partial charge in [0, 0.05) is 25.3 Å². The largest absolute Gasteiger partial charge is 0.508 e. The number of carboxylic acid groups (broad SMARTS) is 3. The number of benzene rings is 1. The van der Waals surface area contributed by atoms with Gasteiger partial charge in [-0.2, -0.15) is 12.6 Å². The molecule has 3 rings (SSSR count). The average molecular weight is 1020 g/mol. The van der Waals surface area contributed by atoms with E-state index in [4.69, 9.17) is 11.5 Å². The predicted octanol–water partition coefficient (Wildman–Crippen LogP) is -4.97. The number of nitrogens with two attached hydrogens (primary N) is 2. The quantitative estimate of drug-likeness (QED) is 0.0387. The van der Waals surface area contributed by atoms with Crippen LogP contribution in [0, 0.1) is 5.92 Å². The van der Waals surface area contributed by atoms with Crippen molar-refractivity contribution in [3.63, 3.8) is 0 Å². The van der Waals surface area contributed by atoms with Gasteiger partial charge in [0.2, 0.25) is 53.2 Å². The summed E-state index contributed by atoms with van der Waals surface area (Å²) in [6.45, 7) is 4.20. The first-order valence-electron chi connectivity index (χ1n) is 22.5. The van der Waals surface area contributed by atoms with Crippen molar-refractivity contribution in [1.29, 1.82) is 0 Å². The van der Waals surface area contributed by atoms with Gasteiger partial charge in [0.25, 0.3) is 0 Å². The van der Waals surface area contributed by atoms with Crippen molar-refractivity contribution in [1.82, 2.24) is 41.7 Å². The summed E-state index contributed by atoms with van der Waals surface area (Å²) >= 11 is 3.91. The molecule has 0 unspecified atom stereocenters. The number of amides is 9. The Kier molecular flexibility index (Phi) is 22.0. The van der Waals surface area contributed by atoms with Crippen molar-refractivity contribution in [3.8, 4) is 5.75 Å². The number of aliphatic carboxylic acids is 3. The molecule has 2 fully saturated rings. The highest BCUT2D eigenvalue weighted by Crippen LogP contribution is 2.23. The fourth-order valence-electron chi connectivity index (χ4n) is 7.81. The van der Waals surface area contributed by atoms with E-state index in [1.807, 2.05) is 5.32 Å². The van der Waals surface area contributed by atoms with E-state index in [0.717, 1.165) is 16.7 Å². The Morgan fingerprint density at radius 1 is 0.634 bits per heavy atom. The number of nitrogens with zero attached hydrogens (tertiary/aromatic N) is 2. The molecule has 28 heteroatoms. The lowest BCUT2D eigenvalue weighted by molar-refractivity contribution is -0.146. The number of nitrogens with one attached hydrogen (secondary N) is 6. The van der Waals surface area contributed by atoms with E-state index in [-0.39, 0.29) is 56.7 Å². The summed E-state index contributed by atoms with van der Waals surface area (Å²) in [5.74, 6) is -14.6. The van der Waals surface area contributed by atoms with Gasteiger partial charge in [0.1, 0.15) is 54.1 Å². The third kappa shape index (κ3) is 17.1. The Labute approximate surface area is 411 Å². The number of carbonyl (C=O) groups excluding carboxylic acids is 9. The highest BCUT2D eigenvalue weighted by atomic mass is 32.1. The maximum absolute atomic E-state index is 14.5. The summed E-state index contributed by atoms with van der Waals surface area (Å²) in [6.07, 6.45) is -4.09. The van der Waals surface area contributed by atoms with E-state index in [2.05, 4.69) is 39.2 Å². The lowest BCUT2D eigenvalue weighted by atomic mass is 9.99. The number of likely N-dealkylation sites (tertiary alicyclic amines) is 2. The molecule has 0 bridgehead atoms. The number of thiol groups is 1. The van der Waals surface area contributed by atoms with Crippen LogP contribution in [0.25, 0.3) is 0 Å². The van der Waals surface area contributed by atoms with Gasteiger partial charge in [-0.1, -0.05) is 26.0 Å². The molecule has 1 aromatic carbocycles. The summed E-state index contributed by atoms with van der Waals surface area (Å²) < 4.78 is 0. The zero-order valence-electron chi connectivity index (χ0n) is 39.1. The molecule has 71 heavy (non-hydrogen) atoms. The fraction of sp³-hybridized carbons (Fsp3) is 0.581. The monoisotopic (exact) mass is 1020 g/mol. The lowest BCUT2D eigenvalue weighted by Crippen LogP contribution is -2.62. The number of aromatic hydroxyl groups is 1. The summed E-state index contributed by atoms with van der Waals surface area (Å²) in [5.41, 5.74) is 11.1. The number of aliphatic hydroxyl groups excluding tert-OH is 1. The summed E-state index contributed by atoms with van der Waals surface area (Å²) in [4.78, 5) is 158. The smallest absolute Gasteiger partial charge is 0.326 e. The minimum Gasteiger partial charge on any atom is -0.508 e. The van der Waals surface area contributed by atoms with Crippen molar-refractivity contribution in [2.24, 2.45) is 17.4 Å². The molecule has 0 spiro atoms. The predicted molar refractivity (Wildman–Crippen MR) is 247 cm³/mol. The second-order valence-electron chi connectivity index (χ2n) is 17.4. The molecule has 2 heterocycles. The Morgan fingerprint density at radius 3 is 1.59 bits per heavy atom. The zero-order valence-corrected chi connectivity index (χ0v) is 40.0. The number of carboxylic acids is 3. The zero-order chi connectivity index (χ0) is 53.4. The minimum absolute atomic E-state index is 0.00374. The normalized spacial score (nSPS) is 18.8. The van der Waals surface area contributed by atoms with Crippen LogP contribution < -0.4 is 43.4 Å². The third-order valence-corrected chi connectivity index (χ3v) is 11.9. The summed E-state index contributed by atoms with van der Waals surface area (Å²) in [6, 6.07) is -8.31. The van der Waals surface area contributed by atoms with Crippen molar-refractivity contribution in [3.05, 3.63) is 29.8 Å². The van der Waals surface area contributed by atoms with Crippen LogP contribution in [0.2, 0.25) is 0 Å². The van der Waals surface area contributed by atoms with Crippen LogP contribution in [-0.2, 0) is 64.0 Å². The first-order valence-corrected chi connectivity index (χ1v) is 23.1. The SMILES string of the molecule is CC(C)[C@H](NC(=O)[C@@H]1CCCN1C(=O)[C@@H](NC(=O)[C@H](CC(=O)O)NC(=O)[C@@H](N)CS)[C@@H](C)O)C(=O)N[C@@H](Cc1ccc(O)cc1)C(=O)N1CCC[C@H]1C(=O)N[C@@H](CC(=O)O)C(=O)N[C@@H](CC(N)=O)C(=O)O. The summed E-state index contributed by atoms with van der Waals surface area (Å²) in [7, 11) is 0. The summed E-state index contributed by atoms with van der Waals surface area (Å²) in [5, 5.41) is 62.8. The van der Waals surface area contributed by atoms with Crippen LogP contribution in [-0.4, -0.2) is 186 Å². The second-order valence-corrected chi connectivity index (χ2v) is 17.8. The van der Waals surface area contributed by atoms with Crippen LogP contribution in [0.4, 0.5) is 0 Å². The number of primary amides is 1. The number of rotatable bonds is 26. The van der Waals surface area contributed by atoms with E-state index >= 15 is 0 Å². The van der Waals surface area contributed by atoms with Gasteiger partial charge in [-0.25, -0.2) is 4.79 Å². The minimum atomic E-state index is -1.88. The molecular formula is C43H62N10O17S. The first-order chi connectivity index (χ1) is 33.2. The number of hydrogen-bond donors (Lipinski definition) is 14. The molecule has 27 nitrogen and oxygen atoms in total. The van der Waals surface area contributed by atoms with E-state index in [1.165, 1.54) is 24.3 Å². The first kappa shape index (κ1) is 58.2. The molecular weight excluding hydrogens is 961 g/mol. The average Bonchev–Trinajstić information content (AvgIpc) is 3.99. The fourth-order valence-corrected chi connectivity index (χ4v) is 7.98. The van der Waals surface area contributed by atoms with Crippen molar-refractivity contribution >= 4 is 83.7 Å². The van der Waals surface area contributed by atoms with Gasteiger partial charge >= 0.3 is 17.9 Å². The number of carbonyl (C=O) groups is 12. The molecule has 2 saturated heterocycles. The van der Waals surface area contributed by atoms with Crippen LogP contribution in [0.15, 0.2) is 24.3 Å². The molecule has 2 aliphatic heterocycles. The number of hydrogen-bond acceptors (Lipinski definition) is 16. The molecule has 1 aromatic rings. The highest BCUT2D eigenvalue weighted by molar-refractivity contribution is 7.80. The molecule has 10 atom stereocenters. The molecule has 15 N–H and O–H groups in total. The maximum Gasteiger partial charge on any atom is 0.326 e.